The van der Waals surface area contributed by atoms with Crippen molar-refractivity contribution in [3.63, 3.8) is 0 Å². The Balaban J connectivity index is 1.61. The molecule has 0 unspecified atom stereocenters. The zero-order valence-electron chi connectivity index (χ0n) is 20.7. The molecule has 5 aromatic rings. The van der Waals surface area contributed by atoms with Gasteiger partial charge in [0, 0.05) is 10.9 Å². The van der Waals surface area contributed by atoms with Crippen LogP contribution in [-0.4, -0.2) is 13.4 Å². The third-order valence-electron chi connectivity index (χ3n) is 8.05. The van der Waals surface area contributed by atoms with Gasteiger partial charge in [0.15, 0.2) is 58.2 Å². The topological polar surface area (TPSA) is 0 Å². The van der Waals surface area contributed by atoms with Crippen LogP contribution in [0.15, 0.2) is 60.7 Å². The van der Waals surface area contributed by atoms with Crippen LogP contribution in [0, 0.1) is 58.2 Å². The Morgan fingerprint density at radius 2 is 0.714 bits per heavy atom. The van der Waals surface area contributed by atoms with Gasteiger partial charge < -0.3 is 0 Å². The van der Waals surface area contributed by atoms with Gasteiger partial charge in [0.1, 0.15) is 0 Å². The molecule has 0 N–H and O–H groups in total. The molecule has 0 saturated heterocycles. The molecule has 0 aromatic heterocycles. The Labute approximate surface area is 231 Å². The Bertz CT molecular complexity index is 1970. The summed E-state index contributed by atoms with van der Waals surface area (Å²) in [5.41, 5.74) is -0.758. The van der Waals surface area contributed by atoms with Gasteiger partial charge in [-0.15, -0.1) is 0 Å². The number of rotatable bonds is 2. The fourth-order valence-electron chi connectivity index (χ4n) is 6.37. The fourth-order valence-corrected chi connectivity index (χ4v) is 6.37. The zero-order chi connectivity index (χ0) is 29.8. The summed E-state index contributed by atoms with van der Waals surface area (Å²) in [5.74, 6) is -21.5. The first-order valence-electron chi connectivity index (χ1n) is 12.4. The van der Waals surface area contributed by atoms with E-state index in [-0.39, 0.29) is 33.0 Å². The highest BCUT2D eigenvalue weighted by molar-refractivity contribution is 7.03. The minimum atomic E-state index is -2.34. The molecule has 2 heterocycles. The molecule has 206 valence electrons. The van der Waals surface area contributed by atoms with Crippen LogP contribution in [0.3, 0.4) is 0 Å². The minimum absolute atomic E-state index is 0.0276. The summed E-state index contributed by atoms with van der Waals surface area (Å²) >= 11 is 0. The lowest BCUT2D eigenvalue weighted by Crippen LogP contribution is -2.55. The van der Waals surface area contributed by atoms with Crippen LogP contribution in [-0.2, 0) is 0 Å². The third kappa shape index (κ3) is 3.23. The van der Waals surface area contributed by atoms with E-state index >= 15 is 17.6 Å². The molecule has 2 aliphatic heterocycles. The molecule has 2 aliphatic rings. The number of hydrogen-bond acceptors (Lipinski definition) is 0. The lowest BCUT2D eigenvalue weighted by atomic mass is 9.36. The van der Waals surface area contributed by atoms with E-state index in [1.54, 1.807) is 12.1 Å². The quantitative estimate of drug-likeness (QED) is 0.125. The average molecular weight is 582 g/mol. The van der Waals surface area contributed by atoms with Crippen LogP contribution in [0.2, 0.25) is 0 Å². The van der Waals surface area contributed by atoms with Crippen molar-refractivity contribution >= 4 is 46.2 Å². The van der Waals surface area contributed by atoms with Crippen molar-refractivity contribution < 1.29 is 43.9 Å². The summed E-state index contributed by atoms with van der Waals surface area (Å²) < 4.78 is 147. The van der Waals surface area contributed by atoms with Gasteiger partial charge in [0.2, 0.25) is 0 Å². The second kappa shape index (κ2) is 9.01. The van der Waals surface area contributed by atoms with Gasteiger partial charge in [0.05, 0.1) is 0 Å². The van der Waals surface area contributed by atoms with Crippen LogP contribution in [0.5, 0.6) is 0 Å². The number of benzene rings is 5. The van der Waals surface area contributed by atoms with Gasteiger partial charge >= 0.3 is 0 Å². The maximum absolute atomic E-state index is 15.3. The highest BCUT2D eigenvalue weighted by atomic mass is 19.2. The van der Waals surface area contributed by atoms with E-state index in [1.807, 2.05) is 0 Å². The van der Waals surface area contributed by atoms with Gasteiger partial charge in [-0.3, -0.25) is 0 Å². The number of fused-ring (bicyclic) bond motifs is 7. The normalized spacial score (nSPS) is 12.9. The average Bonchev–Trinajstić information content (AvgIpc) is 3.50. The van der Waals surface area contributed by atoms with Gasteiger partial charge in [-0.05, 0) is 22.3 Å². The standard InChI is InChI=1S/C30H10B2F10/c33-21-19(22(34)26(38)29(41)25(21)37)31-15-8-4-2-6-13(15)17-16(31)10-9-12-11-5-1-3-7-14(11)32(18(12)17)20-23(35)27(39)30(42)28(40)24(20)36/h1-10H. The van der Waals surface area contributed by atoms with Crippen LogP contribution in [0.25, 0.3) is 22.3 Å². The molecule has 12 heteroatoms. The Kier molecular flexibility index (Phi) is 5.67. The van der Waals surface area contributed by atoms with Crippen LogP contribution in [0.4, 0.5) is 43.9 Å². The smallest absolute Gasteiger partial charge is 0.204 e. The van der Waals surface area contributed by atoms with Crippen molar-refractivity contribution in [3.05, 3.63) is 119 Å². The first-order valence-corrected chi connectivity index (χ1v) is 12.4. The Morgan fingerprint density at radius 1 is 0.310 bits per heavy atom. The SMILES string of the molecule is Fc1c(F)c(F)c(B2c3ccccc3-c3c2ccc2c3B(c3c(F)c(F)c(F)c(F)c3F)c3ccccc3-2)c(F)c1F. The largest absolute Gasteiger partial charge is 0.251 e. The lowest BCUT2D eigenvalue weighted by Gasteiger charge is -2.19. The molecular weight excluding hydrogens is 572 g/mol. The van der Waals surface area contributed by atoms with Gasteiger partial charge in [-0.1, -0.05) is 82.5 Å². The van der Waals surface area contributed by atoms with Gasteiger partial charge in [-0.2, -0.15) is 0 Å². The molecule has 42 heavy (non-hydrogen) atoms. The predicted molar refractivity (Wildman–Crippen MR) is 139 cm³/mol. The van der Waals surface area contributed by atoms with E-state index in [2.05, 4.69) is 0 Å². The van der Waals surface area contributed by atoms with Crippen molar-refractivity contribution in [2.45, 2.75) is 0 Å². The summed E-state index contributed by atoms with van der Waals surface area (Å²) in [5, 5.41) is 0. The van der Waals surface area contributed by atoms with Crippen molar-refractivity contribution in [2.24, 2.45) is 0 Å². The zero-order valence-corrected chi connectivity index (χ0v) is 20.7. The van der Waals surface area contributed by atoms with Crippen LogP contribution >= 0.6 is 0 Å². The first-order chi connectivity index (χ1) is 20.1. The Morgan fingerprint density at radius 3 is 1.24 bits per heavy atom. The Hall–Kier alpha value is -4.47. The second-order valence-electron chi connectivity index (χ2n) is 10.00. The highest BCUT2D eigenvalue weighted by Gasteiger charge is 2.47. The second-order valence-corrected chi connectivity index (χ2v) is 10.00. The lowest BCUT2D eigenvalue weighted by molar-refractivity contribution is 0.384. The molecule has 0 spiro atoms. The van der Waals surface area contributed by atoms with Crippen molar-refractivity contribution in [1.82, 2.24) is 0 Å². The number of hydrogen-bond donors (Lipinski definition) is 0. The summed E-state index contributed by atoms with van der Waals surface area (Å²) in [4.78, 5) is 0. The van der Waals surface area contributed by atoms with Crippen molar-refractivity contribution in [3.8, 4) is 22.3 Å². The van der Waals surface area contributed by atoms with Gasteiger partial charge in [-0.25, -0.2) is 43.9 Å². The van der Waals surface area contributed by atoms with E-state index in [9.17, 15) is 26.3 Å². The van der Waals surface area contributed by atoms with Crippen LogP contribution < -0.4 is 32.8 Å². The highest BCUT2D eigenvalue weighted by Crippen LogP contribution is 2.32. The van der Waals surface area contributed by atoms with E-state index in [4.69, 9.17) is 0 Å². The predicted octanol–water partition coefficient (Wildman–Crippen LogP) is 4.07. The van der Waals surface area contributed by atoms with Crippen LogP contribution in [0.1, 0.15) is 0 Å². The van der Waals surface area contributed by atoms with E-state index in [1.165, 1.54) is 48.5 Å². The van der Waals surface area contributed by atoms with E-state index < -0.39 is 82.5 Å². The minimum Gasteiger partial charge on any atom is -0.204 e. The molecule has 0 bridgehead atoms. The molecule has 5 aromatic carbocycles. The van der Waals surface area contributed by atoms with Crippen molar-refractivity contribution in [2.75, 3.05) is 0 Å². The molecule has 0 nitrogen and oxygen atoms in total. The summed E-state index contributed by atoms with van der Waals surface area (Å²) in [6.07, 6.45) is 0. The molecular formula is C30H10B2F10. The first kappa shape index (κ1) is 26.4. The molecule has 0 amide bonds. The van der Waals surface area contributed by atoms with Crippen molar-refractivity contribution in [1.29, 1.82) is 0 Å². The van der Waals surface area contributed by atoms with Gasteiger partial charge in [0.25, 0.3) is 13.4 Å². The fraction of sp³-hybridized carbons (Fsp3) is 0. The third-order valence-corrected chi connectivity index (χ3v) is 8.05. The summed E-state index contributed by atoms with van der Waals surface area (Å²) in [6, 6.07) is 14.9. The number of halogens is 10. The molecule has 0 saturated carbocycles. The maximum Gasteiger partial charge on any atom is 0.251 e. The molecule has 0 aliphatic carbocycles. The monoisotopic (exact) mass is 582 g/mol. The maximum atomic E-state index is 15.3. The molecule has 0 atom stereocenters. The molecule has 0 radical (unpaired) electrons. The molecule has 7 rings (SSSR count). The van der Waals surface area contributed by atoms with E-state index in [0.717, 1.165) is 0 Å². The molecule has 0 fully saturated rings. The summed E-state index contributed by atoms with van der Waals surface area (Å²) in [7, 11) is 0. The summed E-state index contributed by atoms with van der Waals surface area (Å²) in [6.45, 7) is -3.12. The van der Waals surface area contributed by atoms with E-state index in [0.29, 0.717) is 11.1 Å².